The van der Waals surface area contributed by atoms with Crippen molar-refractivity contribution in [3.63, 3.8) is 0 Å². The summed E-state index contributed by atoms with van der Waals surface area (Å²) in [6.07, 6.45) is 3.49. The topological polar surface area (TPSA) is 99.0 Å². The predicted molar refractivity (Wildman–Crippen MR) is 113 cm³/mol. The highest BCUT2D eigenvalue weighted by atomic mass is 32.2. The number of aryl methyl sites for hydroxylation is 1. The van der Waals surface area contributed by atoms with Crippen LogP contribution in [0.4, 0.5) is 5.69 Å². The molecule has 0 atom stereocenters. The first-order chi connectivity index (χ1) is 14.5. The number of hydrogen-bond donors (Lipinski definition) is 1. The summed E-state index contributed by atoms with van der Waals surface area (Å²) in [5.74, 6) is 2.20. The number of imidazole rings is 1. The van der Waals surface area contributed by atoms with Gasteiger partial charge in [0.1, 0.15) is 11.6 Å². The van der Waals surface area contributed by atoms with E-state index in [9.17, 15) is 8.42 Å². The number of ether oxygens (including phenoxy) is 1. The van der Waals surface area contributed by atoms with Crippen molar-refractivity contribution in [2.45, 2.75) is 12.7 Å². The van der Waals surface area contributed by atoms with Gasteiger partial charge in [0.25, 0.3) is 0 Å². The minimum absolute atomic E-state index is 0.0928. The van der Waals surface area contributed by atoms with Gasteiger partial charge in [0, 0.05) is 24.1 Å². The molecule has 0 aliphatic heterocycles. The molecule has 1 N–H and O–H groups in total. The summed E-state index contributed by atoms with van der Waals surface area (Å²) in [4.78, 5) is 4.16. The molecule has 0 saturated carbocycles. The van der Waals surface area contributed by atoms with E-state index >= 15 is 0 Å². The van der Waals surface area contributed by atoms with Crippen LogP contribution in [-0.4, -0.2) is 28.2 Å². The van der Waals surface area contributed by atoms with Gasteiger partial charge in [-0.25, -0.2) is 13.4 Å². The van der Waals surface area contributed by atoms with E-state index in [1.165, 1.54) is 0 Å². The zero-order chi connectivity index (χ0) is 21.0. The van der Waals surface area contributed by atoms with Gasteiger partial charge in [-0.05, 0) is 42.8 Å². The lowest BCUT2D eigenvalue weighted by Gasteiger charge is -2.09. The van der Waals surface area contributed by atoms with Crippen molar-refractivity contribution in [1.82, 2.24) is 19.7 Å². The average molecular weight is 421 g/mol. The number of aromatic nitrogens is 4. The van der Waals surface area contributed by atoms with E-state index < -0.39 is 10.0 Å². The van der Waals surface area contributed by atoms with Crippen molar-refractivity contribution in [3.8, 4) is 17.4 Å². The van der Waals surface area contributed by atoms with E-state index in [4.69, 9.17) is 4.74 Å². The molecule has 0 aliphatic carbocycles. The molecule has 0 aliphatic rings. The molecular weight excluding hydrogens is 402 g/mol. The summed E-state index contributed by atoms with van der Waals surface area (Å²) in [7, 11) is -3.51. The van der Waals surface area contributed by atoms with E-state index in [1.54, 1.807) is 60.9 Å². The molecule has 152 valence electrons. The zero-order valence-electron chi connectivity index (χ0n) is 16.1. The molecule has 0 saturated heterocycles. The Bertz CT molecular complexity index is 1220. The Morgan fingerprint density at radius 3 is 2.37 bits per heavy atom. The van der Waals surface area contributed by atoms with Crippen molar-refractivity contribution in [2.24, 2.45) is 0 Å². The quantitative estimate of drug-likeness (QED) is 0.488. The summed E-state index contributed by atoms with van der Waals surface area (Å²) in [6, 6.07) is 19.1. The van der Waals surface area contributed by atoms with Crippen LogP contribution in [0.15, 0.2) is 79.1 Å². The monoisotopic (exact) mass is 421 g/mol. The van der Waals surface area contributed by atoms with Gasteiger partial charge in [-0.15, -0.1) is 10.2 Å². The van der Waals surface area contributed by atoms with Crippen molar-refractivity contribution in [3.05, 3.63) is 90.5 Å². The number of sulfonamides is 1. The molecule has 4 aromatic rings. The third-order valence-corrected chi connectivity index (χ3v) is 5.51. The molecule has 0 fully saturated rings. The number of benzene rings is 2. The fourth-order valence-electron chi connectivity index (χ4n) is 2.84. The van der Waals surface area contributed by atoms with Crippen molar-refractivity contribution in [1.29, 1.82) is 0 Å². The number of nitrogens with one attached hydrogen (secondary N) is 1. The van der Waals surface area contributed by atoms with Gasteiger partial charge in [-0.1, -0.05) is 30.3 Å². The fourth-order valence-corrected chi connectivity index (χ4v) is 4.04. The molecular formula is C21H19N5O3S. The molecule has 0 amide bonds. The third-order valence-electron chi connectivity index (χ3n) is 4.25. The maximum absolute atomic E-state index is 12.3. The Labute approximate surface area is 174 Å². The second kappa shape index (κ2) is 8.34. The number of rotatable bonds is 7. The first-order valence-electron chi connectivity index (χ1n) is 9.15. The maximum Gasteiger partial charge on any atom is 0.238 e. The lowest BCUT2D eigenvalue weighted by atomic mass is 10.2. The van der Waals surface area contributed by atoms with Crippen LogP contribution in [0.3, 0.4) is 0 Å². The molecule has 2 aromatic carbocycles. The summed E-state index contributed by atoms with van der Waals surface area (Å²) >= 11 is 0. The van der Waals surface area contributed by atoms with Gasteiger partial charge in [-0.2, -0.15) is 0 Å². The second-order valence-electron chi connectivity index (χ2n) is 6.55. The predicted octanol–water partition coefficient (Wildman–Crippen LogP) is 3.70. The van der Waals surface area contributed by atoms with Crippen LogP contribution < -0.4 is 9.46 Å². The lowest BCUT2D eigenvalue weighted by molar-refractivity contribution is 0.454. The van der Waals surface area contributed by atoms with Crippen LogP contribution in [0.25, 0.3) is 5.82 Å². The van der Waals surface area contributed by atoms with Gasteiger partial charge >= 0.3 is 0 Å². The second-order valence-corrected chi connectivity index (χ2v) is 8.27. The molecule has 8 nitrogen and oxygen atoms in total. The molecule has 0 bridgehead atoms. The van der Waals surface area contributed by atoms with Gasteiger partial charge in [0.05, 0.1) is 5.75 Å². The fraction of sp³-hybridized carbons (Fsp3) is 0.0952. The molecule has 30 heavy (non-hydrogen) atoms. The standard InChI is InChI=1S/C21H19N5O3S/c1-16-22-13-14-26(16)20-11-12-21(24-23-20)29-19-9-7-18(8-10-19)25-30(27,28)15-17-5-3-2-4-6-17/h2-14,25H,15H2,1H3. The Morgan fingerprint density at radius 1 is 0.967 bits per heavy atom. The largest absolute Gasteiger partial charge is 0.438 e. The molecule has 2 aromatic heterocycles. The Balaban J connectivity index is 1.39. The first kappa shape index (κ1) is 19.6. The van der Waals surface area contributed by atoms with E-state index in [2.05, 4.69) is 19.9 Å². The first-order valence-corrected chi connectivity index (χ1v) is 10.8. The highest BCUT2D eigenvalue weighted by Crippen LogP contribution is 2.22. The van der Waals surface area contributed by atoms with E-state index in [1.807, 2.05) is 29.7 Å². The average Bonchev–Trinajstić information content (AvgIpc) is 3.16. The summed E-state index contributed by atoms with van der Waals surface area (Å²) in [6.45, 7) is 1.88. The smallest absolute Gasteiger partial charge is 0.238 e. The van der Waals surface area contributed by atoms with E-state index in [0.717, 1.165) is 11.4 Å². The van der Waals surface area contributed by atoms with Crippen LogP contribution in [0.1, 0.15) is 11.4 Å². The highest BCUT2D eigenvalue weighted by Gasteiger charge is 2.12. The Kier molecular flexibility index (Phi) is 5.44. The molecule has 4 rings (SSSR count). The van der Waals surface area contributed by atoms with Crippen molar-refractivity contribution >= 4 is 15.7 Å². The van der Waals surface area contributed by atoms with Crippen molar-refractivity contribution in [2.75, 3.05) is 4.72 Å². The Hall–Kier alpha value is -3.72. The summed E-state index contributed by atoms with van der Waals surface area (Å²) in [5.41, 5.74) is 1.17. The Morgan fingerprint density at radius 2 is 1.73 bits per heavy atom. The molecule has 0 spiro atoms. The molecule has 9 heteroatoms. The number of anilines is 1. The molecule has 0 radical (unpaired) electrons. The minimum Gasteiger partial charge on any atom is -0.438 e. The van der Waals surface area contributed by atoms with Crippen LogP contribution in [0.5, 0.6) is 11.6 Å². The lowest BCUT2D eigenvalue weighted by Crippen LogP contribution is -2.14. The third kappa shape index (κ3) is 4.81. The highest BCUT2D eigenvalue weighted by molar-refractivity contribution is 7.91. The summed E-state index contributed by atoms with van der Waals surface area (Å²) in [5, 5.41) is 8.21. The zero-order valence-corrected chi connectivity index (χ0v) is 17.0. The molecule has 0 unspecified atom stereocenters. The van der Waals surface area contributed by atoms with Crippen LogP contribution >= 0.6 is 0 Å². The van der Waals surface area contributed by atoms with Crippen molar-refractivity contribution < 1.29 is 13.2 Å². The minimum atomic E-state index is -3.51. The number of hydrogen-bond acceptors (Lipinski definition) is 6. The summed E-state index contributed by atoms with van der Waals surface area (Å²) < 4.78 is 34.7. The normalized spacial score (nSPS) is 11.2. The van der Waals surface area contributed by atoms with Crippen LogP contribution in [-0.2, 0) is 15.8 Å². The van der Waals surface area contributed by atoms with Crippen LogP contribution in [0, 0.1) is 6.92 Å². The van der Waals surface area contributed by atoms with E-state index in [-0.39, 0.29) is 5.75 Å². The number of nitrogens with zero attached hydrogens (tertiary/aromatic N) is 4. The SMILES string of the molecule is Cc1nccn1-c1ccc(Oc2ccc(NS(=O)(=O)Cc3ccccc3)cc2)nn1. The van der Waals surface area contributed by atoms with Crippen LogP contribution in [0.2, 0.25) is 0 Å². The van der Waals surface area contributed by atoms with Gasteiger partial charge in [0.2, 0.25) is 15.9 Å². The van der Waals surface area contributed by atoms with Gasteiger partial charge in [-0.3, -0.25) is 9.29 Å². The maximum atomic E-state index is 12.3. The van der Waals surface area contributed by atoms with Gasteiger partial charge in [0.15, 0.2) is 5.82 Å². The van der Waals surface area contributed by atoms with Gasteiger partial charge < -0.3 is 4.74 Å². The molecule has 2 heterocycles. The van der Waals surface area contributed by atoms with E-state index in [0.29, 0.717) is 23.1 Å².